The van der Waals surface area contributed by atoms with Gasteiger partial charge in [0.1, 0.15) is 12.4 Å². The van der Waals surface area contributed by atoms with Crippen molar-refractivity contribution in [3.05, 3.63) is 29.8 Å². The van der Waals surface area contributed by atoms with Crippen molar-refractivity contribution in [3.8, 4) is 5.75 Å². The molecule has 20 heavy (non-hydrogen) atoms. The van der Waals surface area contributed by atoms with Crippen molar-refractivity contribution in [2.24, 2.45) is 0 Å². The number of carbonyl (C=O) groups is 1. The Bertz CT molecular complexity index is 437. The Balaban J connectivity index is 2.26. The minimum atomic E-state index is -4.07. The first-order chi connectivity index (χ1) is 9.33. The van der Waals surface area contributed by atoms with Gasteiger partial charge in [-0.3, -0.25) is 0 Å². The minimum absolute atomic E-state index is 0.00820. The molecule has 0 heterocycles. The van der Waals surface area contributed by atoms with Crippen LogP contribution in [-0.2, 0) is 0 Å². The van der Waals surface area contributed by atoms with Gasteiger partial charge in [0, 0.05) is 6.54 Å². The number of hydrogen-bond donors (Lipinski definition) is 2. The number of ether oxygens (including phenoxy) is 1. The van der Waals surface area contributed by atoms with Gasteiger partial charge in [0.2, 0.25) is 0 Å². The van der Waals surface area contributed by atoms with Crippen LogP contribution in [0.1, 0.15) is 10.4 Å². The molecule has 0 aromatic heterocycles. The van der Waals surface area contributed by atoms with E-state index in [1.54, 1.807) is 0 Å². The molecule has 2 N–H and O–H groups in total. The third-order valence-corrected chi connectivity index (χ3v) is 2.33. The maximum atomic E-state index is 12.5. The van der Waals surface area contributed by atoms with E-state index in [2.05, 4.69) is 5.32 Å². The minimum Gasteiger partial charge on any atom is -0.492 e. The zero-order valence-corrected chi connectivity index (χ0v) is 10.3. The van der Waals surface area contributed by atoms with E-state index >= 15 is 0 Å². The molecular weight excluding hydrogens is 282 g/mol. The van der Waals surface area contributed by atoms with Crippen LogP contribution in [-0.4, -0.2) is 43.1 Å². The van der Waals surface area contributed by atoms with Crippen LogP contribution in [0.4, 0.5) is 17.6 Å². The number of benzene rings is 1. The molecule has 112 valence electrons. The number of alkyl halides is 4. The second-order valence-electron chi connectivity index (χ2n) is 3.92. The lowest BCUT2D eigenvalue weighted by atomic mass is 10.2. The van der Waals surface area contributed by atoms with Crippen molar-refractivity contribution in [1.29, 1.82) is 0 Å². The van der Waals surface area contributed by atoms with Gasteiger partial charge >= 0.3 is 18.3 Å². The van der Waals surface area contributed by atoms with E-state index < -0.39 is 24.9 Å². The van der Waals surface area contributed by atoms with Gasteiger partial charge in [0.25, 0.3) is 0 Å². The molecule has 0 bridgehead atoms. The number of aromatic carboxylic acids is 1. The van der Waals surface area contributed by atoms with Crippen molar-refractivity contribution >= 4 is 5.97 Å². The highest BCUT2D eigenvalue weighted by atomic mass is 19.3. The van der Waals surface area contributed by atoms with E-state index in [1.165, 1.54) is 24.3 Å². The molecule has 0 saturated heterocycles. The Hall–Kier alpha value is -1.83. The molecule has 0 aliphatic rings. The van der Waals surface area contributed by atoms with Gasteiger partial charge in [0.15, 0.2) is 0 Å². The molecule has 0 amide bonds. The Morgan fingerprint density at radius 2 is 1.90 bits per heavy atom. The number of nitrogens with one attached hydrogen (secondary N) is 1. The molecule has 0 aliphatic carbocycles. The normalized spacial score (nSPS) is 11.7. The molecule has 1 aromatic rings. The zero-order valence-electron chi connectivity index (χ0n) is 10.3. The summed E-state index contributed by atoms with van der Waals surface area (Å²) < 4.78 is 53.8. The number of hydrogen-bond acceptors (Lipinski definition) is 3. The largest absolute Gasteiger partial charge is 0.492 e. The van der Waals surface area contributed by atoms with E-state index in [4.69, 9.17) is 9.84 Å². The molecule has 0 spiro atoms. The maximum Gasteiger partial charge on any atom is 0.335 e. The summed E-state index contributed by atoms with van der Waals surface area (Å²) in [5, 5.41) is 10.8. The summed E-state index contributed by atoms with van der Waals surface area (Å²) in [5.74, 6) is -4.78. The van der Waals surface area contributed by atoms with Crippen LogP contribution in [0, 0.1) is 0 Å². The topological polar surface area (TPSA) is 58.6 Å². The first-order valence-electron chi connectivity index (χ1n) is 5.66. The second-order valence-corrected chi connectivity index (χ2v) is 3.92. The Labute approximate surface area is 112 Å². The Kier molecular flexibility index (Phi) is 5.75. The molecule has 0 atom stereocenters. The summed E-state index contributed by atoms with van der Waals surface area (Å²) in [6, 6.07) is 5.49. The number of rotatable bonds is 8. The SMILES string of the molecule is O=C(O)c1ccc(OCCNCC(F)(F)C(F)F)cc1. The molecule has 1 aromatic carbocycles. The van der Waals surface area contributed by atoms with E-state index in [1.807, 2.05) is 0 Å². The van der Waals surface area contributed by atoms with Gasteiger partial charge < -0.3 is 15.2 Å². The van der Waals surface area contributed by atoms with Crippen molar-refractivity contribution in [2.75, 3.05) is 19.7 Å². The monoisotopic (exact) mass is 295 g/mol. The van der Waals surface area contributed by atoms with E-state index in [9.17, 15) is 22.4 Å². The van der Waals surface area contributed by atoms with Crippen LogP contribution in [0.25, 0.3) is 0 Å². The molecular formula is C12H13F4NO3. The molecule has 0 radical (unpaired) electrons. The lowest BCUT2D eigenvalue weighted by Crippen LogP contribution is -2.40. The fourth-order valence-corrected chi connectivity index (χ4v) is 1.27. The fourth-order valence-electron chi connectivity index (χ4n) is 1.27. The van der Waals surface area contributed by atoms with Crippen molar-refractivity contribution in [3.63, 3.8) is 0 Å². The van der Waals surface area contributed by atoms with E-state index in [-0.39, 0.29) is 18.7 Å². The van der Waals surface area contributed by atoms with E-state index in [0.717, 1.165) is 0 Å². The Morgan fingerprint density at radius 1 is 1.30 bits per heavy atom. The van der Waals surface area contributed by atoms with Gasteiger partial charge in [-0.2, -0.15) is 8.78 Å². The second kappa shape index (κ2) is 7.09. The molecule has 8 heteroatoms. The third kappa shape index (κ3) is 5.04. The molecule has 0 fully saturated rings. The fraction of sp³-hybridized carbons (Fsp3) is 0.417. The number of halogens is 4. The highest BCUT2D eigenvalue weighted by Gasteiger charge is 2.39. The van der Waals surface area contributed by atoms with Gasteiger partial charge in [-0.15, -0.1) is 0 Å². The summed E-state index contributed by atoms with van der Waals surface area (Å²) in [5.41, 5.74) is 0.0899. The molecule has 0 unspecified atom stereocenters. The van der Waals surface area contributed by atoms with Crippen molar-refractivity contribution in [1.82, 2.24) is 5.32 Å². The van der Waals surface area contributed by atoms with Crippen LogP contribution in [0.3, 0.4) is 0 Å². The summed E-state index contributed by atoms with van der Waals surface area (Å²) in [6.45, 7) is -1.18. The summed E-state index contributed by atoms with van der Waals surface area (Å²) in [6.07, 6.45) is -3.71. The molecule has 0 aliphatic heterocycles. The highest BCUT2D eigenvalue weighted by molar-refractivity contribution is 5.87. The smallest absolute Gasteiger partial charge is 0.335 e. The van der Waals surface area contributed by atoms with Crippen LogP contribution in [0.2, 0.25) is 0 Å². The van der Waals surface area contributed by atoms with Crippen molar-refractivity contribution < 1.29 is 32.2 Å². The summed E-state index contributed by atoms with van der Waals surface area (Å²) in [4.78, 5) is 10.6. The van der Waals surface area contributed by atoms with Gasteiger partial charge in [-0.1, -0.05) is 0 Å². The quantitative estimate of drug-likeness (QED) is 0.570. The molecule has 1 rings (SSSR count). The lowest BCUT2D eigenvalue weighted by Gasteiger charge is -2.15. The molecule has 0 saturated carbocycles. The summed E-state index contributed by atoms with van der Waals surface area (Å²) in [7, 11) is 0. The zero-order chi connectivity index (χ0) is 15.2. The lowest BCUT2D eigenvalue weighted by molar-refractivity contribution is -0.125. The van der Waals surface area contributed by atoms with Gasteiger partial charge in [-0.05, 0) is 24.3 Å². The summed E-state index contributed by atoms with van der Waals surface area (Å²) >= 11 is 0. The number of carboxylic acids is 1. The molecule has 4 nitrogen and oxygen atoms in total. The van der Waals surface area contributed by atoms with Crippen LogP contribution in [0.15, 0.2) is 24.3 Å². The standard InChI is InChI=1S/C12H13F4NO3/c13-11(14)12(15,16)7-17-5-6-20-9-3-1-8(2-4-9)10(18)19/h1-4,11,17H,5-7H2,(H,18,19). The van der Waals surface area contributed by atoms with Crippen LogP contribution >= 0.6 is 0 Å². The first-order valence-corrected chi connectivity index (χ1v) is 5.66. The van der Waals surface area contributed by atoms with Crippen LogP contribution < -0.4 is 10.1 Å². The average Bonchev–Trinajstić information content (AvgIpc) is 2.38. The van der Waals surface area contributed by atoms with E-state index in [0.29, 0.717) is 5.75 Å². The van der Waals surface area contributed by atoms with Crippen molar-refractivity contribution in [2.45, 2.75) is 12.3 Å². The number of carboxylic acid groups (broad SMARTS) is 1. The average molecular weight is 295 g/mol. The van der Waals surface area contributed by atoms with Crippen LogP contribution in [0.5, 0.6) is 5.75 Å². The predicted molar refractivity (Wildman–Crippen MR) is 62.7 cm³/mol. The predicted octanol–water partition coefficient (Wildman–Crippen LogP) is 2.25. The first kappa shape index (κ1) is 16.2. The highest BCUT2D eigenvalue weighted by Crippen LogP contribution is 2.21. The Morgan fingerprint density at radius 3 is 2.40 bits per heavy atom. The maximum absolute atomic E-state index is 12.5. The third-order valence-electron chi connectivity index (χ3n) is 2.33. The van der Waals surface area contributed by atoms with Gasteiger partial charge in [0.05, 0.1) is 12.1 Å². The van der Waals surface area contributed by atoms with Gasteiger partial charge in [-0.25, -0.2) is 13.6 Å².